The SMILES string of the molecule is COc1cc(C(=O)N2CCC(c3ccccc3)CC2)cc(OC)c1OCC(N)=O. The third kappa shape index (κ3) is 4.80. The molecule has 0 radical (unpaired) electrons. The van der Waals surface area contributed by atoms with Crippen LogP contribution in [0.2, 0.25) is 0 Å². The van der Waals surface area contributed by atoms with E-state index < -0.39 is 5.91 Å². The Balaban J connectivity index is 1.74. The Bertz CT molecular complexity index is 836. The van der Waals surface area contributed by atoms with Crippen LogP contribution in [0.5, 0.6) is 17.2 Å². The smallest absolute Gasteiger partial charge is 0.255 e. The molecule has 7 heteroatoms. The topological polar surface area (TPSA) is 91.1 Å². The van der Waals surface area contributed by atoms with Crippen molar-refractivity contribution in [3.63, 3.8) is 0 Å². The van der Waals surface area contributed by atoms with E-state index in [1.165, 1.54) is 19.8 Å². The number of methoxy groups -OCH3 is 2. The summed E-state index contributed by atoms with van der Waals surface area (Å²) in [5.41, 5.74) is 6.91. The summed E-state index contributed by atoms with van der Waals surface area (Å²) >= 11 is 0. The van der Waals surface area contributed by atoms with Gasteiger partial charge in [0.25, 0.3) is 11.8 Å². The van der Waals surface area contributed by atoms with Gasteiger partial charge in [0, 0.05) is 18.7 Å². The second kappa shape index (κ2) is 9.32. The summed E-state index contributed by atoms with van der Waals surface area (Å²) in [6.07, 6.45) is 1.84. The third-order valence-corrected chi connectivity index (χ3v) is 5.12. The molecule has 7 nitrogen and oxygen atoms in total. The van der Waals surface area contributed by atoms with Crippen molar-refractivity contribution in [2.45, 2.75) is 18.8 Å². The molecule has 2 aromatic carbocycles. The molecule has 154 valence electrons. The molecule has 0 spiro atoms. The molecule has 1 heterocycles. The van der Waals surface area contributed by atoms with Crippen LogP contribution < -0.4 is 19.9 Å². The lowest BCUT2D eigenvalue weighted by Crippen LogP contribution is -2.38. The molecule has 0 aliphatic carbocycles. The van der Waals surface area contributed by atoms with Crippen LogP contribution in [0.15, 0.2) is 42.5 Å². The van der Waals surface area contributed by atoms with E-state index in [-0.39, 0.29) is 18.3 Å². The van der Waals surface area contributed by atoms with Crippen LogP contribution >= 0.6 is 0 Å². The zero-order valence-electron chi connectivity index (χ0n) is 16.7. The number of nitrogens with two attached hydrogens (primary N) is 1. The molecule has 1 aliphatic rings. The van der Waals surface area contributed by atoms with Gasteiger partial charge in [0.15, 0.2) is 18.1 Å². The van der Waals surface area contributed by atoms with Gasteiger partial charge in [-0.05, 0) is 36.5 Å². The van der Waals surface area contributed by atoms with Crippen LogP contribution in [0.3, 0.4) is 0 Å². The first-order valence-electron chi connectivity index (χ1n) is 9.54. The highest BCUT2D eigenvalue weighted by Crippen LogP contribution is 2.39. The van der Waals surface area contributed by atoms with Crippen molar-refractivity contribution < 1.29 is 23.8 Å². The highest BCUT2D eigenvalue weighted by atomic mass is 16.5. The van der Waals surface area contributed by atoms with Crippen molar-refractivity contribution in [1.82, 2.24) is 4.90 Å². The van der Waals surface area contributed by atoms with Gasteiger partial charge >= 0.3 is 0 Å². The second-order valence-electron chi connectivity index (χ2n) is 6.94. The third-order valence-electron chi connectivity index (χ3n) is 5.12. The second-order valence-corrected chi connectivity index (χ2v) is 6.94. The molecule has 2 aromatic rings. The Hall–Kier alpha value is -3.22. The van der Waals surface area contributed by atoms with Gasteiger partial charge in [-0.25, -0.2) is 0 Å². The molecule has 1 fully saturated rings. The van der Waals surface area contributed by atoms with E-state index in [2.05, 4.69) is 12.1 Å². The average Bonchev–Trinajstić information content (AvgIpc) is 2.77. The lowest BCUT2D eigenvalue weighted by molar-refractivity contribution is -0.120. The predicted molar refractivity (Wildman–Crippen MR) is 109 cm³/mol. The fraction of sp³-hybridized carbons (Fsp3) is 0.364. The van der Waals surface area contributed by atoms with Crippen LogP contribution in [0.25, 0.3) is 0 Å². The lowest BCUT2D eigenvalue weighted by atomic mass is 9.89. The Labute approximate surface area is 170 Å². The van der Waals surface area contributed by atoms with Crippen molar-refractivity contribution in [1.29, 1.82) is 0 Å². The van der Waals surface area contributed by atoms with E-state index in [1.807, 2.05) is 23.1 Å². The summed E-state index contributed by atoms with van der Waals surface area (Å²) < 4.78 is 16.1. The first kappa shape index (κ1) is 20.5. The minimum atomic E-state index is -0.615. The molecule has 1 aliphatic heterocycles. The summed E-state index contributed by atoms with van der Waals surface area (Å²) in [6, 6.07) is 13.6. The first-order valence-corrected chi connectivity index (χ1v) is 9.54. The first-order chi connectivity index (χ1) is 14.0. The molecule has 1 saturated heterocycles. The van der Waals surface area contributed by atoms with Gasteiger partial charge in [-0.15, -0.1) is 0 Å². The molecular formula is C22H26N2O5. The van der Waals surface area contributed by atoms with E-state index in [1.54, 1.807) is 12.1 Å². The molecule has 0 bridgehead atoms. The number of primary amides is 1. The number of carbonyl (C=O) groups is 2. The Kier molecular flexibility index (Phi) is 6.59. The Morgan fingerprint density at radius 3 is 2.14 bits per heavy atom. The highest BCUT2D eigenvalue weighted by Gasteiger charge is 2.26. The zero-order valence-corrected chi connectivity index (χ0v) is 16.7. The Morgan fingerprint density at radius 1 is 1.03 bits per heavy atom. The molecule has 3 rings (SSSR count). The van der Waals surface area contributed by atoms with Crippen molar-refractivity contribution in [3.05, 3.63) is 53.6 Å². The van der Waals surface area contributed by atoms with E-state index >= 15 is 0 Å². The molecule has 0 saturated carbocycles. The number of hydrogen-bond donors (Lipinski definition) is 1. The maximum atomic E-state index is 13.1. The Morgan fingerprint density at radius 2 is 1.62 bits per heavy atom. The summed E-state index contributed by atoms with van der Waals surface area (Å²) in [6.45, 7) is 1.05. The van der Waals surface area contributed by atoms with Crippen LogP contribution in [0, 0.1) is 0 Å². The predicted octanol–water partition coefficient (Wildman–Crippen LogP) is 2.59. The van der Waals surface area contributed by atoms with Crippen LogP contribution in [0.1, 0.15) is 34.7 Å². The number of amides is 2. The van der Waals surface area contributed by atoms with E-state index in [0.717, 1.165) is 12.8 Å². The summed E-state index contributed by atoms with van der Waals surface area (Å²) in [5, 5.41) is 0. The van der Waals surface area contributed by atoms with Crippen LogP contribution in [0.4, 0.5) is 0 Å². The maximum absolute atomic E-state index is 13.1. The lowest BCUT2D eigenvalue weighted by Gasteiger charge is -2.32. The standard InChI is InChI=1S/C22H26N2O5/c1-27-18-12-17(13-19(28-2)21(18)29-14-20(23)25)22(26)24-10-8-16(9-11-24)15-6-4-3-5-7-15/h3-7,12-13,16H,8-11,14H2,1-2H3,(H2,23,25). The fourth-order valence-corrected chi connectivity index (χ4v) is 3.61. The average molecular weight is 398 g/mol. The van der Waals surface area contributed by atoms with Gasteiger partial charge in [-0.1, -0.05) is 30.3 Å². The van der Waals surface area contributed by atoms with Crippen molar-refractivity contribution >= 4 is 11.8 Å². The van der Waals surface area contributed by atoms with Gasteiger partial charge in [0.1, 0.15) is 0 Å². The van der Waals surface area contributed by atoms with E-state index in [0.29, 0.717) is 36.1 Å². The van der Waals surface area contributed by atoms with Crippen LogP contribution in [-0.2, 0) is 4.79 Å². The van der Waals surface area contributed by atoms with Crippen molar-refractivity contribution in [3.8, 4) is 17.2 Å². The molecule has 0 unspecified atom stereocenters. The maximum Gasteiger partial charge on any atom is 0.255 e. The molecule has 2 N–H and O–H groups in total. The minimum Gasteiger partial charge on any atom is -0.493 e. The van der Waals surface area contributed by atoms with Gasteiger partial charge < -0.3 is 24.8 Å². The number of benzene rings is 2. The molecule has 2 amide bonds. The molecule has 0 aromatic heterocycles. The minimum absolute atomic E-state index is 0.0884. The number of likely N-dealkylation sites (tertiary alicyclic amines) is 1. The van der Waals surface area contributed by atoms with Gasteiger partial charge in [0.05, 0.1) is 14.2 Å². The van der Waals surface area contributed by atoms with Gasteiger partial charge in [-0.2, -0.15) is 0 Å². The summed E-state index contributed by atoms with van der Waals surface area (Å²) in [4.78, 5) is 25.9. The van der Waals surface area contributed by atoms with Gasteiger partial charge in [0.2, 0.25) is 5.75 Å². The molecule has 0 atom stereocenters. The number of carbonyl (C=O) groups excluding carboxylic acids is 2. The molecule has 29 heavy (non-hydrogen) atoms. The molecular weight excluding hydrogens is 372 g/mol. The number of piperidine rings is 1. The summed E-state index contributed by atoms with van der Waals surface area (Å²) in [5.74, 6) is 0.633. The zero-order chi connectivity index (χ0) is 20.8. The number of hydrogen-bond acceptors (Lipinski definition) is 5. The fourth-order valence-electron chi connectivity index (χ4n) is 3.61. The van der Waals surface area contributed by atoms with Crippen molar-refractivity contribution in [2.24, 2.45) is 5.73 Å². The summed E-state index contributed by atoms with van der Waals surface area (Å²) in [7, 11) is 2.93. The van der Waals surface area contributed by atoms with Crippen LogP contribution in [-0.4, -0.2) is 50.6 Å². The number of rotatable bonds is 7. The van der Waals surface area contributed by atoms with Gasteiger partial charge in [-0.3, -0.25) is 9.59 Å². The van der Waals surface area contributed by atoms with E-state index in [9.17, 15) is 9.59 Å². The highest BCUT2D eigenvalue weighted by molar-refractivity contribution is 5.95. The largest absolute Gasteiger partial charge is 0.493 e. The number of nitrogens with zero attached hydrogens (tertiary/aromatic N) is 1. The quantitative estimate of drug-likeness (QED) is 0.774. The number of ether oxygens (including phenoxy) is 3. The van der Waals surface area contributed by atoms with Crippen molar-refractivity contribution in [2.75, 3.05) is 33.9 Å². The normalized spacial score (nSPS) is 14.3. The van der Waals surface area contributed by atoms with E-state index in [4.69, 9.17) is 19.9 Å². The monoisotopic (exact) mass is 398 g/mol.